The topological polar surface area (TPSA) is 68.8 Å². The van der Waals surface area contributed by atoms with Crippen molar-refractivity contribution in [2.75, 3.05) is 6.54 Å². The molecule has 10 heteroatoms. The molecule has 0 N–H and O–H groups in total. The average Bonchev–Trinajstić information content (AvgIpc) is 3.29. The molecule has 164 valence electrons. The third kappa shape index (κ3) is 3.82. The Labute approximate surface area is 177 Å². The van der Waals surface area contributed by atoms with Crippen LogP contribution in [0.25, 0.3) is 5.69 Å². The Hall–Kier alpha value is -3.17. The molecule has 1 aliphatic heterocycles. The lowest BCUT2D eigenvalue weighted by atomic mass is 10.1. The van der Waals surface area contributed by atoms with Gasteiger partial charge in [-0.1, -0.05) is 18.2 Å². The van der Waals surface area contributed by atoms with Crippen LogP contribution in [-0.2, 0) is 23.9 Å². The zero-order valence-electron chi connectivity index (χ0n) is 17.5. The van der Waals surface area contributed by atoms with Gasteiger partial charge >= 0.3 is 6.18 Å². The minimum Gasteiger partial charge on any atom is -0.331 e. The molecule has 0 saturated carbocycles. The van der Waals surface area contributed by atoms with Crippen molar-refractivity contribution in [3.05, 3.63) is 58.9 Å². The summed E-state index contributed by atoms with van der Waals surface area (Å²) >= 11 is 0. The monoisotopic (exact) mass is 432 g/mol. The summed E-state index contributed by atoms with van der Waals surface area (Å²) < 4.78 is 42.2. The number of nitrogens with zero attached hydrogens (tertiary/aromatic N) is 6. The fourth-order valence-corrected chi connectivity index (χ4v) is 4.17. The third-order valence-corrected chi connectivity index (χ3v) is 5.79. The second-order valence-corrected chi connectivity index (χ2v) is 7.69. The number of aromatic nitrogens is 5. The lowest BCUT2D eigenvalue weighted by Gasteiger charge is -2.34. The van der Waals surface area contributed by atoms with E-state index in [1.165, 1.54) is 0 Å². The number of para-hydroxylation sites is 1. The van der Waals surface area contributed by atoms with Crippen LogP contribution in [0.2, 0.25) is 0 Å². The molecule has 4 rings (SSSR count). The van der Waals surface area contributed by atoms with Crippen molar-refractivity contribution in [3.8, 4) is 5.69 Å². The van der Waals surface area contributed by atoms with Crippen LogP contribution >= 0.6 is 0 Å². The maximum absolute atomic E-state index is 13.1. The number of alkyl halides is 3. The van der Waals surface area contributed by atoms with Gasteiger partial charge < -0.3 is 9.47 Å². The SMILES string of the molecule is Cc1nn(-c2ccccc2)c(C)c1CCC(=O)N1CCn2c(nnc2C(F)(F)F)C1C. The number of carbonyl (C=O) groups is 1. The summed E-state index contributed by atoms with van der Waals surface area (Å²) in [7, 11) is 0. The van der Waals surface area contributed by atoms with Gasteiger partial charge in [0, 0.05) is 25.2 Å². The van der Waals surface area contributed by atoms with Gasteiger partial charge in [-0.2, -0.15) is 18.3 Å². The maximum Gasteiger partial charge on any atom is 0.451 e. The van der Waals surface area contributed by atoms with Crippen LogP contribution in [0.1, 0.15) is 48.0 Å². The summed E-state index contributed by atoms with van der Waals surface area (Å²) in [4.78, 5) is 14.5. The van der Waals surface area contributed by atoms with Crippen molar-refractivity contribution < 1.29 is 18.0 Å². The summed E-state index contributed by atoms with van der Waals surface area (Å²) in [5.41, 5.74) is 3.78. The van der Waals surface area contributed by atoms with Crippen LogP contribution in [0, 0.1) is 13.8 Å². The van der Waals surface area contributed by atoms with Crippen LogP contribution < -0.4 is 0 Å². The van der Waals surface area contributed by atoms with Gasteiger partial charge in [0.1, 0.15) is 0 Å². The van der Waals surface area contributed by atoms with Gasteiger partial charge in [-0.25, -0.2) is 4.68 Å². The summed E-state index contributed by atoms with van der Waals surface area (Å²) in [6.45, 7) is 5.78. The van der Waals surface area contributed by atoms with Crippen LogP contribution in [0.5, 0.6) is 0 Å². The van der Waals surface area contributed by atoms with E-state index in [1.807, 2.05) is 48.9 Å². The lowest BCUT2D eigenvalue weighted by molar-refractivity contribution is -0.148. The predicted molar refractivity (Wildman–Crippen MR) is 107 cm³/mol. The van der Waals surface area contributed by atoms with Gasteiger partial charge in [-0.15, -0.1) is 10.2 Å². The summed E-state index contributed by atoms with van der Waals surface area (Å²) in [5, 5.41) is 11.6. The van der Waals surface area contributed by atoms with E-state index in [0.29, 0.717) is 6.42 Å². The van der Waals surface area contributed by atoms with Crippen molar-refractivity contribution in [3.63, 3.8) is 0 Å². The number of hydrogen-bond acceptors (Lipinski definition) is 4. The minimum atomic E-state index is -4.56. The fraction of sp³-hybridized carbons (Fsp3) is 0.429. The number of amides is 1. The highest BCUT2D eigenvalue weighted by molar-refractivity contribution is 5.77. The molecule has 1 amide bonds. The second kappa shape index (κ2) is 7.82. The Morgan fingerprint density at radius 2 is 1.84 bits per heavy atom. The van der Waals surface area contributed by atoms with Crippen molar-refractivity contribution in [2.45, 2.75) is 52.4 Å². The third-order valence-electron chi connectivity index (χ3n) is 5.79. The fourth-order valence-electron chi connectivity index (χ4n) is 4.17. The zero-order valence-corrected chi connectivity index (χ0v) is 17.5. The highest BCUT2D eigenvalue weighted by Crippen LogP contribution is 2.33. The molecule has 1 aromatic carbocycles. The van der Waals surface area contributed by atoms with Gasteiger partial charge in [0.05, 0.1) is 17.4 Å². The van der Waals surface area contributed by atoms with E-state index < -0.39 is 18.0 Å². The minimum absolute atomic E-state index is 0.0251. The first-order chi connectivity index (χ1) is 14.7. The molecule has 2 aromatic heterocycles. The van der Waals surface area contributed by atoms with Crippen molar-refractivity contribution in [1.29, 1.82) is 0 Å². The quantitative estimate of drug-likeness (QED) is 0.631. The Bertz CT molecular complexity index is 1100. The first-order valence-electron chi connectivity index (χ1n) is 10.1. The maximum atomic E-state index is 13.1. The number of fused-ring (bicyclic) bond motifs is 1. The number of aryl methyl sites for hydroxylation is 1. The smallest absolute Gasteiger partial charge is 0.331 e. The highest BCUT2D eigenvalue weighted by Gasteiger charge is 2.41. The molecular weight excluding hydrogens is 409 g/mol. The summed E-state index contributed by atoms with van der Waals surface area (Å²) in [6, 6.07) is 9.18. The molecule has 1 aliphatic rings. The molecular formula is C21H23F3N6O. The Kier molecular flexibility index (Phi) is 5.32. The van der Waals surface area contributed by atoms with E-state index in [1.54, 1.807) is 11.8 Å². The van der Waals surface area contributed by atoms with E-state index in [4.69, 9.17) is 0 Å². The molecule has 0 spiro atoms. The first kappa shape index (κ1) is 21.1. The molecule has 3 heterocycles. The molecule has 0 bridgehead atoms. The van der Waals surface area contributed by atoms with Gasteiger partial charge in [0.15, 0.2) is 5.82 Å². The molecule has 0 fully saturated rings. The van der Waals surface area contributed by atoms with Crippen LogP contribution in [0.15, 0.2) is 30.3 Å². The molecule has 7 nitrogen and oxygen atoms in total. The standard InChI is InChI=1S/C21H23F3N6O/c1-13-17(14(2)30(27-13)16-7-5-4-6-8-16)9-10-18(31)28-11-12-29-19(15(28)3)25-26-20(29)21(22,23)24/h4-8,15H,9-12H2,1-3H3. The van der Waals surface area contributed by atoms with Gasteiger partial charge in [-0.05, 0) is 44.9 Å². The molecule has 0 radical (unpaired) electrons. The number of carbonyl (C=O) groups excluding carboxylic acids is 1. The lowest BCUT2D eigenvalue weighted by Crippen LogP contribution is -2.42. The van der Waals surface area contributed by atoms with Crippen LogP contribution in [0.4, 0.5) is 13.2 Å². The number of halogens is 3. The summed E-state index contributed by atoms with van der Waals surface area (Å²) in [6.07, 6.45) is -3.81. The Morgan fingerprint density at radius 3 is 2.52 bits per heavy atom. The number of hydrogen-bond donors (Lipinski definition) is 0. The largest absolute Gasteiger partial charge is 0.451 e. The number of rotatable bonds is 4. The van der Waals surface area contributed by atoms with Crippen molar-refractivity contribution in [2.24, 2.45) is 0 Å². The first-order valence-corrected chi connectivity index (χ1v) is 10.1. The van der Waals surface area contributed by atoms with Gasteiger partial charge in [0.25, 0.3) is 0 Å². The van der Waals surface area contributed by atoms with Crippen molar-refractivity contribution in [1.82, 2.24) is 29.4 Å². The average molecular weight is 432 g/mol. The van der Waals surface area contributed by atoms with Crippen molar-refractivity contribution >= 4 is 5.91 Å². The van der Waals surface area contributed by atoms with E-state index in [9.17, 15) is 18.0 Å². The van der Waals surface area contributed by atoms with E-state index in [2.05, 4.69) is 15.3 Å². The summed E-state index contributed by atoms with van der Waals surface area (Å²) in [5.74, 6) is -0.973. The Balaban J connectivity index is 1.48. The second-order valence-electron chi connectivity index (χ2n) is 7.69. The predicted octanol–water partition coefficient (Wildman–Crippen LogP) is 3.64. The molecule has 0 aliphatic carbocycles. The van der Waals surface area contributed by atoms with Gasteiger partial charge in [-0.3, -0.25) is 4.79 Å². The normalized spacial score (nSPS) is 16.5. The molecule has 0 saturated heterocycles. The molecule has 31 heavy (non-hydrogen) atoms. The zero-order chi connectivity index (χ0) is 22.3. The molecule has 1 atom stereocenters. The molecule has 1 unspecified atom stereocenters. The number of benzene rings is 1. The molecule has 3 aromatic rings. The van der Waals surface area contributed by atoms with E-state index in [0.717, 1.165) is 27.2 Å². The van der Waals surface area contributed by atoms with E-state index in [-0.39, 0.29) is 31.2 Å². The van der Waals surface area contributed by atoms with Gasteiger partial charge in [0.2, 0.25) is 11.7 Å². The van der Waals surface area contributed by atoms with E-state index >= 15 is 0 Å². The Morgan fingerprint density at radius 1 is 1.13 bits per heavy atom. The highest BCUT2D eigenvalue weighted by atomic mass is 19.4. The van der Waals surface area contributed by atoms with Crippen LogP contribution in [-0.4, -0.2) is 41.9 Å². The van der Waals surface area contributed by atoms with Crippen LogP contribution in [0.3, 0.4) is 0 Å².